The molecular weight excluding hydrogens is 309 g/mol. The lowest BCUT2D eigenvalue weighted by Crippen LogP contribution is -2.50. The summed E-state index contributed by atoms with van der Waals surface area (Å²) in [5.41, 5.74) is 1.77. The van der Waals surface area contributed by atoms with Gasteiger partial charge in [-0.05, 0) is 31.9 Å². The van der Waals surface area contributed by atoms with E-state index in [0.717, 1.165) is 37.2 Å². The van der Waals surface area contributed by atoms with Gasteiger partial charge in [-0.15, -0.1) is 0 Å². The lowest BCUT2D eigenvalue weighted by atomic mass is 10.1. The standard InChI is InChI=1S/C18H26FN3O2/c1-14(23)18(24)22-11-9-20(10-12-22)13-15-16(19)5-4-6-17(15)21-7-2-3-8-21/h4-6,14,23H,2-3,7-13H2,1H3. The van der Waals surface area contributed by atoms with Gasteiger partial charge in [0.2, 0.25) is 0 Å². The first kappa shape index (κ1) is 17.2. The highest BCUT2D eigenvalue weighted by atomic mass is 19.1. The van der Waals surface area contributed by atoms with Crippen molar-refractivity contribution in [1.82, 2.24) is 9.80 Å². The monoisotopic (exact) mass is 335 g/mol. The second-order valence-corrected chi connectivity index (χ2v) is 6.71. The molecule has 0 bridgehead atoms. The molecule has 2 aliphatic heterocycles. The van der Waals surface area contributed by atoms with Gasteiger partial charge in [-0.2, -0.15) is 0 Å². The number of hydrogen-bond donors (Lipinski definition) is 1. The largest absolute Gasteiger partial charge is 0.384 e. The molecule has 2 fully saturated rings. The van der Waals surface area contributed by atoms with Gasteiger partial charge in [-0.3, -0.25) is 9.69 Å². The molecule has 132 valence electrons. The van der Waals surface area contributed by atoms with Gasteiger partial charge in [0, 0.05) is 57.1 Å². The zero-order valence-electron chi connectivity index (χ0n) is 14.2. The molecule has 2 heterocycles. The molecule has 2 aliphatic rings. The van der Waals surface area contributed by atoms with E-state index in [2.05, 4.69) is 9.80 Å². The number of aliphatic hydroxyl groups is 1. The van der Waals surface area contributed by atoms with Gasteiger partial charge in [0.1, 0.15) is 11.9 Å². The van der Waals surface area contributed by atoms with Crippen molar-refractivity contribution < 1.29 is 14.3 Å². The Bertz CT molecular complexity index is 580. The van der Waals surface area contributed by atoms with E-state index in [0.29, 0.717) is 32.7 Å². The number of carbonyl (C=O) groups excluding carboxylic acids is 1. The summed E-state index contributed by atoms with van der Waals surface area (Å²) >= 11 is 0. The number of hydrogen-bond acceptors (Lipinski definition) is 4. The molecule has 2 saturated heterocycles. The van der Waals surface area contributed by atoms with Crippen molar-refractivity contribution >= 4 is 11.6 Å². The first-order chi connectivity index (χ1) is 11.6. The van der Waals surface area contributed by atoms with E-state index in [1.807, 2.05) is 6.07 Å². The molecule has 24 heavy (non-hydrogen) atoms. The Morgan fingerprint density at radius 2 is 1.83 bits per heavy atom. The Kier molecular flexibility index (Phi) is 5.36. The molecule has 5 nitrogen and oxygen atoms in total. The lowest BCUT2D eigenvalue weighted by Gasteiger charge is -2.36. The number of halogens is 1. The minimum absolute atomic E-state index is 0.151. The average molecular weight is 335 g/mol. The topological polar surface area (TPSA) is 47.0 Å². The van der Waals surface area contributed by atoms with E-state index in [4.69, 9.17) is 0 Å². The predicted molar refractivity (Wildman–Crippen MR) is 91.4 cm³/mol. The third-order valence-corrected chi connectivity index (χ3v) is 4.96. The fraction of sp³-hybridized carbons (Fsp3) is 0.611. The van der Waals surface area contributed by atoms with Crippen molar-refractivity contribution in [3.05, 3.63) is 29.6 Å². The minimum atomic E-state index is -0.954. The van der Waals surface area contributed by atoms with Crippen LogP contribution < -0.4 is 4.90 Å². The highest BCUT2D eigenvalue weighted by Gasteiger charge is 2.25. The highest BCUT2D eigenvalue weighted by molar-refractivity contribution is 5.80. The summed E-state index contributed by atoms with van der Waals surface area (Å²) in [5.74, 6) is -0.375. The van der Waals surface area contributed by atoms with Crippen LogP contribution >= 0.6 is 0 Å². The maximum atomic E-state index is 14.4. The van der Waals surface area contributed by atoms with Crippen LogP contribution in [0.25, 0.3) is 0 Å². The Hall–Kier alpha value is -1.66. The van der Waals surface area contributed by atoms with E-state index < -0.39 is 6.10 Å². The van der Waals surface area contributed by atoms with E-state index in [-0.39, 0.29) is 11.7 Å². The van der Waals surface area contributed by atoms with Crippen LogP contribution in [-0.2, 0) is 11.3 Å². The number of aliphatic hydroxyl groups excluding tert-OH is 1. The van der Waals surface area contributed by atoms with Crippen LogP contribution in [0.15, 0.2) is 18.2 Å². The smallest absolute Gasteiger partial charge is 0.251 e. The molecule has 0 radical (unpaired) electrons. The van der Waals surface area contributed by atoms with Gasteiger partial charge in [0.15, 0.2) is 0 Å². The quantitative estimate of drug-likeness (QED) is 0.905. The summed E-state index contributed by atoms with van der Waals surface area (Å²) in [4.78, 5) is 18.0. The second kappa shape index (κ2) is 7.49. The maximum absolute atomic E-state index is 14.4. The Balaban J connectivity index is 1.66. The summed E-state index contributed by atoms with van der Waals surface area (Å²) in [6.07, 6.45) is 1.37. The first-order valence-corrected chi connectivity index (χ1v) is 8.78. The SMILES string of the molecule is CC(O)C(=O)N1CCN(Cc2c(F)cccc2N2CCCC2)CC1. The lowest BCUT2D eigenvalue weighted by molar-refractivity contribution is -0.141. The van der Waals surface area contributed by atoms with E-state index in [9.17, 15) is 14.3 Å². The van der Waals surface area contributed by atoms with Gasteiger partial charge in [0.05, 0.1) is 0 Å². The number of piperazine rings is 1. The van der Waals surface area contributed by atoms with E-state index >= 15 is 0 Å². The van der Waals surface area contributed by atoms with Crippen molar-refractivity contribution in [2.24, 2.45) is 0 Å². The van der Waals surface area contributed by atoms with Crippen molar-refractivity contribution in [2.45, 2.75) is 32.4 Å². The molecule has 6 heteroatoms. The molecule has 0 spiro atoms. The summed E-state index contributed by atoms with van der Waals surface area (Å²) < 4.78 is 14.4. The Morgan fingerprint density at radius 3 is 2.46 bits per heavy atom. The number of anilines is 1. The maximum Gasteiger partial charge on any atom is 0.251 e. The third-order valence-electron chi connectivity index (χ3n) is 4.96. The number of rotatable bonds is 4. The molecule has 0 aromatic heterocycles. The third kappa shape index (κ3) is 3.70. The fourth-order valence-corrected chi connectivity index (χ4v) is 3.57. The molecule has 1 aromatic rings. The van der Waals surface area contributed by atoms with Gasteiger partial charge in [0.25, 0.3) is 5.91 Å². The summed E-state index contributed by atoms with van der Waals surface area (Å²) in [7, 11) is 0. The Morgan fingerprint density at radius 1 is 1.17 bits per heavy atom. The molecule has 1 aromatic carbocycles. The molecule has 1 atom stereocenters. The summed E-state index contributed by atoms with van der Waals surface area (Å²) in [6, 6.07) is 5.32. The molecular formula is C18H26FN3O2. The molecule has 1 N–H and O–H groups in total. The fourth-order valence-electron chi connectivity index (χ4n) is 3.57. The van der Waals surface area contributed by atoms with Crippen LogP contribution in [0.5, 0.6) is 0 Å². The number of benzene rings is 1. The van der Waals surface area contributed by atoms with E-state index in [1.165, 1.54) is 13.0 Å². The molecule has 0 aliphatic carbocycles. The van der Waals surface area contributed by atoms with Crippen molar-refractivity contribution in [3.63, 3.8) is 0 Å². The average Bonchev–Trinajstić information content (AvgIpc) is 3.11. The molecule has 1 unspecified atom stereocenters. The van der Waals surface area contributed by atoms with Crippen molar-refractivity contribution in [3.8, 4) is 0 Å². The van der Waals surface area contributed by atoms with Crippen LogP contribution in [-0.4, -0.2) is 66.2 Å². The van der Waals surface area contributed by atoms with Crippen molar-refractivity contribution in [1.29, 1.82) is 0 Å². The molecule has 1 amide bonds. The minimum Gasteiger partial charge on any atom is -0.384 e. The highest BCUT2D eigenvalue weighted by Crippen LogP contribution is 2.28. The zero-order valence-corrected chi connectivity index (χ0v) is 14.2. The normalized spacial score (nSPS) is 20.5. The van der Waals surface area contributed by atoms with Crippen LogP contribution in [0, 0.1) is 5.82 Å². The first-order valence-electron chi connectivity index (χ1n) is 8.78. The molecule has 0 saturated carbocycles. The van der Waals surface area contributed by atoms with Crippen LogP contribution in [0.2, 0.25) is 0 Å². The predicted octanol–water partition coefficient (Wildman–Crippen LogP) is 1.45. The Labute approximate surface area is 142 Å². The second-order valence-electron chi connectivity index (χ2n) is 6.71. The van der Waals surface area contributed by atoms with Gasteiger partial charge < -0.3 is 14.9 Å². The van der Waals surface area contributed by atoms with E-state index in [1.54, 1.807) is 11.0 Å². The van der Waals surface area contributed by atoms with Crippen LogP contribution in [0.4, 0.5) is 10.1 Å². The zero-order chi connectivity index (χ0) is 17.1. The van der Waals surface area contributed by atoms with Crippen LogP contribution in [0.3, 0.4) is 0 Å². The number of carbonyl (C=O) groups is 1. The number of amides is 1. The van der Waals surface area contributed by atoms with Crippen LogP contribution in [0.1, 0.15) is 25.3 Å². The summed E-state index contributed by atoms with van der Waals surface area (Å²) in [5, 5.41) is 9.41. The van der Waals surface area contributed by atoms with Gasteiger partial charge in [-0.25, -0.2) is 4.39 Å². The summed E-state index contributed by atoms with van der Waals surface area (Å²) in [6.45, 7) is 6.61. The number of nitrogens with zero attached hydrogens (tertiary/aromatic N) is 3. The van der Waals surface area contributed by atoms with Crippen molar-refractivity contribution in [2.75, 3.05) is 44.2 Å². The van der Waals surface area contributed by atoms with Gasteiger partial charge >= 0.3 is 0 Å². The molecule has 3 rings (SSSR count). The van der Waals surface area contributed by atoms with Gasteiger partial charge in [-0.1, -0.05) is 6.07 Å².